The van der Waals surface area contributed by atoms with Crippen LogP contribution < -0.4 is 10.5 Å². The first kappa shape index (κ1) is 11.0. The van der Waals surface area contributed by atoms with Gasteiger partial charge in [0.25, 0.3) is 0 Å². The summed E-state index contributed by atoms with van der Waals surface area (Å²) in [7, 11) is 1.61. The molecule has 0 aliphatic carbocycles. The Morgan fingerprint density at radius 1 is 1.50 bits per heavy atom. The van der Waals surface area contributed by atoms with Crippen molar-refractivity contribution in [2.45, 2.75) is 19.4 Å². The van der Waals surface area contributed by atoms with E-state index in [4.69, 9.17) is 15.6 Å². The van der Waals surface area contributed by atoms with Crippen LogP contribution in [0, 0.1) is 0 Å². The summed E-state index contributed by atoms with van der Waals surface area (Å²) < 4.78 is 5.27. The molecule has 0 saturated carbocycles. The molecule has 0 aromatic heterocycles. The van der Waals surface area contributed by atoms with Gasteiger partial charge in [-0.15, -0.1) is 0 Å². The second-order valence-corrected chi connectivity index (χ2v) is 3.33. The first-order chi connectivity index (χ1) is 6.74. The van der Waals surface area contributed by atoms with Crippen molar-refractivity contribution in [3.63, 3.8) is 0 Å². The fourth-order valence-corrected chi connectivity index (χ4v) is 1.49. The van der Waals surface area contributed by atoms with Crippen LogP contribution in [-0.4, -0.2) is 18.8 Å². The van der Waals surface area contributed by atoms with Crippen molar-refractivity contribution < 1.29 is 9.84 Å². The molecule has 3 heteroatoms. The van der Waals surface area contributed by atoms with Gasteiger partial charge in [0.2, 0.25) is 0 Å². The molecule has 0 aliphatic rings. The van der Waals surface area contributed by atoms with Crippen molar-refractivity contribution in [2.24, 2.45) is 5.73 Å². The van der Waals surface area contributed by atoms with Crippen molar-refractivity contribution in [3.8, 4) is 5.75 Å². The molecular weight excluding hydrogens is 178 g/mol. The van der Waals surface area contributed by atoms with Crippen LogP contribution in [0.4, 0.5) is 0 Å². The maximum atomic E-state index is 9.12. The Kier molecular flexibility index (Phi) is 3.92. The lowest BCUT2D eigenvalue weighted by Gasteiger charge is -2.16. The number of nitrogens with two attached hydrogens (primary N) is 1. The highest BCUT2D eigenvalue weighted by atomic mass is 16.5. The summed E-state index contributed by atoms with van der Waals surface area (Å²) in [5, 5.41) is 9.12. The van der Waals surface area contributed by atoms with Gasteiger partial charge in [-0.25, -0.2) is 0 Å². The van der Waals surface area contributed by atoms with Gasteiger partial charge in [-0.2, -0.15) is 0 Å². The quantitative estimate of drug-likeness (QED) is 0.760. The number of aliphatic hydroxyl groups is 1. The predicted molar refractivity (Wildman–Crippen MR) is 56.4 cm³/mol. The van der Waals surface area contributed by atoms with Crippen molar-refractivity contribution in [2.75, 3.05) is 13.7 Å². The minimum Gasteiger partial charge on any atom is -0.496 e. The van der Waals surface area contributed by atoms with Crippen LogP contribution in [0.25, 0.3) is 0 Å². The summed E-state index contributed by atoms with van der Waals surface area (Å²) in [4.78, 5) is 0. The van der Waals surface area contributed by atoms with Crippen LogP contribution in [0.2, 0.25) is 0 Å². The molecule has 1 aromatic rings. The number of ether oxygens (including phenoxy) is 1. The van der Waals surface area contributed by atoms with Crippen LogP contribution in [0.5, 0.6) is 5.75 Å². The highest BCUT2D eigenvalue weighted by Gasteiger charge is 2.12. The lowest BCUT2D eigenvalue weighted by atomic mass is 9.98. The van der Waals surface area contributed by atoms with Gasteiger partial charge in [0.05, 0.1) is 13.7 Å². The van der Waals surface area contributed by atoms with Gasteiger partial charge in [-0.05, 0) is 18.0 Å². The lowest BCUT2D eigenvalue weighted by molar-refractivity contribution is 0.273. The lowest BCUT2D eigenvalue weighted by Crippen LogP contribution is -2.10. The summed E-state index contributed by atoms with van der Waals surface area (Å²) >= 11 is 0. The zero-order chi connectivity index (χ0) is 10.6. The molecule has 14 heavy (non-hydrogen) atoms. The molecule has 3 N–H and O–H groups in total. The Hall–Kier alpha value is -1.06. The van der Waals surface area contributed by atoms with Crippen LogP contribution in [-0.2, 0) is 6.61 Å². The van der Waals surface area contributed by atoms with E-state index >= 15 is 0 Å². The predicted octanol–water partition coefficient (Wildman–Crippen LogP) is 1.25. The Morgan fingerprint density at radius 2 is 2.21 bits per heavy atom. The standard InChI is InChI=1S/C11H17NO2/c1-8(6-12)10-5-3-4-9(7-13)11(10)14-2/h3-5,8,13H,6-7,12H2,1-2H3. The van der Waals surface area contributed by atoms with Crippen molar-refractivity contribution in [1.82, 2.24) is 0 Å². The Bertz CT molecular complexity index is 299. The Labute approximate surface area is 84.5 Å². The van der Waals surface area contributed by atoms with E-state index in [-0.39, 0.29) is 12.5 Å². The van der Waals surface area contributed by atoms with Gasteiger partial charge in [0.15, 0.2) is 0 Å². The minimum atomic E-state index is -0.00565. The number of hydrogen-bond acceptors (Lipinski definition) is 3. The van der Waals surface area contributed by atoms with Gasteiger partial charge in [0, 0.05) is 5.56 Å². The Morgan fingerprint density at radius 3 is 2.71 bits per heavy atom. The van der Waals surface area contributed by atoms with Crippen molar-refractivity contribution >= 4 is 0 Å². The van der Waals surface area contributed by atoms with Gasteiger partial charge < -0.3 is 15.6 Å². The fraction of sp³-hybridized carbons (Fsp3) is 0.455. The van der Waals surface area contributed by atoms with Crippen LogP contribution in [0.1, 0.15) is 24.0 Å². The number of benzene rings is 1. The van der Waals surface area contributed by atoms with E-state index in [0.717, 1.165) is 16.9 Å². The molecular formula is C11H17NO2. The second-order valence-electron chi connectivity index (χ2n) is 3.33. The van der Waals surface area contributed by atoms with Gasteiger partial charge >= 0.3 is 0 Å². The van der Waals surface area contributed by atoms with E-state index in [0.29, 0.717) is 6.54 Å². The maximum Gasteiger partial charge on any atom is 0.127 e. The highest BCUT2D eigenvalue weighted by Crippen LogP contribution is 2.29. The molecule has 3 nitrogen and oxygen atoms in total. The van der Waals surface area contributed by atoms with E-state index in [2.05, 4.69) is 0 Å². The van der Waals surface area contributed by atoms with Crippen molar-refractivity contribution in [1.29, 1.82) is 0 Å². The third kappa shape index (κ3) is 2.05. The summed E-state index contributed by atoms with van der Waals surface area (Å²) in [5.74, 6) is 1.00. The minimum absolute atomic E-state index is 0.00565. The molecule has 1 atom stereocenters. The number of para-hydroxylation sites is 1. The summed E-state index contributed by atoms with van der Waals surface area (Å²) in [6, 6.07) is 5.75. The summed E-state index contributed by atoms with van der Waals surface area (Å²) in [6.07, 6.45) is 0. The second kappa shape index (κ2) is 4.98. The summed E-state index contributed by atoms with van der Waals surface area (Å²) in [6.45, 7) is 2.61. The molecule has 0 amide bonds. The average molecular weight is 195 g/mol. The first-order valence-corrected chi connectivity index (χ1v) is 4.71. The van der Waals surface area contributed by atoms with Crippen molar-refractivity contribution in [3.05, 3.63) is 29.3 Å². The van der Waals surface area contributed by atoms with Gasteiger partial charge in [0.1, 0.15) is 5.75 Å². The monoisotopic (exact) mass is 195 g/mol. The van der Waals surface area contributed by atoms with Crippen LogP contribution in [0.15, 0.2) is 18.2 Å². The van der Waals surface area contributed by atoms with Crippen LogP contribution in [0.3, 0.4) is 0 Å². The molecule has 0 radical (unpaired) electrons. The molecule has 1 aromatic carbocycles. The zero-order valence-corrected chi connectivity index (χ0v) is 8.66. The molecule has 1 rings (SSSR count). The number of aliphatic hydroxyl groups excluding tert-OH is 1. The van der Waals surface area contributed by atoms with E-state index in [1.165, 1.54) is 0 Å². The average Bonchev–Trinajstić information content (AvgIpc) is 2.26. The largest absolute Gasteiger partial charge is 0.496 e. The van der Waals surface area contributed by atoms with E-state index < -0.39 is 0 Å². The number of methoxy groups -OCH3 is 1. The number of rotatable bonds is 4. The molecule has 0 aliphatic heterocycles. The molecule has 78 valence electrons. The first-order valence-electron chi connectivity index (χ1n) is 4.71. The fourth-order valence-electron chi connectivity index (χ4n) is 1.49. The van der Waals surface area contributed by atoms with Gasteiger partial charge in [-0.1, -0.05) is 25.1 Å². The molecule has 0 spiro atoms. The summed E-state index contributed by atoms with van der Waals surface area (Å²) in [5.41, 5.74) is 7.47. The zero-order valence-electron chi connectivity index (χ0n) is 8.66. The number of hydrogen-bond donors (Lipinski definition) is 2. The maximum absolute atomic E-state index is 9.12. The third-order valence-corrected chi connectivity index (χ3v) is 2.39. The smallest absolute Gasteiger partial charge is 0.127 e. The van der Waals surface area contributed by atoms with E-state index in [1.807, 2.05) is 25.1 Å². The molecule has 1 unspecified atom stereocenters. The third-order valence-electron chi connectivity index (χ3n) is 2.39. The molecule has 0 saturated heterocycles. The normalized spacial score (nSPS) is 12.6. The molecule has 0 heterocycles. The van der Waals surface area contributed by atoms with E-state index in [9.17, 15) is 0 Å². The molecule has 0 fully saturated rings. The van der Waals surface area contributed by atoms with Crippen LogP contribution >= 0.6 is 0 Å². The molecule has 0 bridgehead atoms. The van der Waals surface area contributed by atoms with E-state index in [1.54, 1.807) is 7.11 Å². The highest BCUT2D eigenvalue weighted by molar-refractivity contribution is 5.43. The topological polar surface area (TPSA) is 55.5 Å². The van der Waals surface area contributed by atoms with Gasteiger partial charge in [-0.3, -0.25) is 0 Å². The Balaban J connectivity index is 3.14. The SMILES string of the molecule is COc1c(CO)cccc1C(C)CN.